The minimum atomic E-state index is 0.850. The molecular formula is C8H12BrN3S. The fourth-order valence-electron chi connectivity index (χ4n) is 1.67. The van der Waals surface area contributed by atoms with Crippen molar-refractivity contribution in [2.24, 2.45) is 5.92 Å². The van der Waals surface area contributed by atoms with Crippen LogP contribution >= 0.6 is 27.3 Å². The van der Waals surface area contributed by atoms with Gasteiger partial charge < -0.3 is 4.90 Å². The highest BCUT2D eigenvalue weighted by Crippen LogP contribution is 2.29. The summed E-state index contributed by atoms with van der Waals surface area (Å²) in [5, 5.41) is 9.13. The van der Waals surface area contributed by atoms with Crippen LogP contribution in [0.15, 0.2) is 3.92 Å². The first-order valence-corrected chi connectivity index (χ1v) is 6.14. The molecule has 13 heavy (non-hydrogen) atoms. The average molecular weight is 262 g/mol. The summed E-state index contributed by atoms with van der Waals surface area (Å²) in [5.41, 5.74) is 0. The van der Waals surface area contributed by atoms with Crippen LogP contribution < -0.4 is 4.90 Å². The Hall–Kier alpha value is -0.160. The topological polar surface area (TPSA) is 29.0 Å². The highest BCUT2D eigenvalue weighted by atomic mass is 79.9. The molecule has 1 aromatic rings. The van der Waals surface area contributed by atoms with Crippen molar-refractivity contribution in [3.05, 3.63) is 3.92 Å². The quantitative estimate of drug-likeness (QED) is 0.820. The van der Waals surface area contributed by atoms with E-state index in [2.05, 4.69) is 38.0 Å². The van der Waals surface area contributed by atoms with E-state index in [1.807, 2.05) is 0 Å². The van der Waals surface area contributed by atoms with Gasteiger partial charge in [-0.3, -0.25) is 0 Å². The number of hydrogen-bond donors (Lipinski definition) is 0. The van der Waals surface area contributed by atoms with Gasteiger partial charge in [-0.2, -0.15) is 0 Å². The Balaban J connectivity index is 2.03. The van der Waals surface area contributed by atoms with Gasteiger partial charge >= 0.3 is 0 Å². The van der Waals surface area contributed by atoms with Gasteiger partial charge in [0.1, 0.15) is 0 Å². The van der Waals surface area contributed by atoms with Crippen molar-refractivity contribution in [2.75, 3.05) is 18.0 Å². The predicted octanol–water partition coefficient (Wildman–Crippen LogP) is 2.54. The minimum absolute atomic E-state index is 0.850. The fourth-order valence-corrected chi connectivity index (χ4v) is 2.79. The second-order valence-electron chi connectivity index (χ2n) is 3.35. The van der Waals surface area contributed by atoms with Crippen molar-refractivity contribution in [3.8, 4) is 0 Å². The summed E-state index contributed by atoms with van der Waals surface area (Å²) in [6.45, 7) is 4.54. The lowest BCUT2D eigenvalue weighted by Gasteiger charge is -2.12. The van der Waals surface area contributed by atoms with E-state index in [9.17, 15) is 0 Å². The van der Waals surface area contributed by atoms with Crippen LogP contribution in [-0.4, -0.2) is 23.3 Å². The fraction of sp³-hybridized carbons (Fsp3) is 0.750. The van der Waals surface area contributed by atoms with Gasteiger partial charge in [-0.15, -0.1) is 10.2 Å². The highest BCUT2D eigenvalue weighted by Gasteiger charge is 2.23. The molecule has 2 heterocycles. The first-order chi connectivity index (χ1) is 6.29. The molecule has 1 fully saturated rings. The van der Waals surface area contributed by atoms with Gasteiger partial charge in [0, 0.05) is 13.1 Å². The zero-order valence-corrected chi connectivity index (χ0v) is 9.94. The standard InChI is InChI=1S/C8H12BrN3S/c1-2-6-3-4-12(5-6)8-11-10-7(9)13-8/h6H,2-5H2,1H3. The lowest BCUT2D eigenvalue weighted by atomic mass is 10.1. The second kappa shape index (κ2) is 3.92. The number of halogens is 1. The summed E-state index contributed by atoms with van der Waals surface area (Å²) in [4.78, 5) is 2.33. The molecule has 1 aliphatic heterocycles. The first kappa shape index (κ1) is 9.40. The molecular weight excluding hydrogens is 250 g/mol. The normalized spacial score (nSPS) is 22.6. The molecule has 5 heteroatoms. The molecule has 1 aliphatic rings. The molecule has 72 valence electrons. The molecule has 0 N–H and O–H groups in total. The third-order valence-electron chi connectivity index (χ3n) is 2.52. The smallest absolute Gasteiger partial charge is 0.209 e. The molecule has 0 amide bonds. The number of anilines is 1. The largest absolute Gasteiger partial charge is 0.346 e. The maximum absolute atomic E-state index is 4.11. The molecule has 3 nitrogen and oxygen atoms in total. The summed E-state index contributed by atoms with van der Waals surface area (Å²) in [6.07, 6.45) is 2.57. The zero-order chi connectivity index (χ0) is 9.26. The summed E-state index contributed by atoms with van der Waals surface area (Å²) in [6, 6.07) is 0. The molecule has 0 aromatic carbocycles. The summed E-state index contributed by atoms with van der Waals surface area (Å²) in [5.74, 6) is 0.850. The van der Waals surface area contributed by atoms with Gasteiger partial charge in [-0.1, -0.05) is 24.7 Å². The van der Waals surface area contributed by atoms with Gasteiger partial charge in [0.2, 0.25) is 5.13 Å². The van der Waals surface area contributed by atoms with Crippen LogP contribution in [0.5, 0.6) is 0 Å². The number of aromatic nitrogens is 2. The van der Waals surface area contributed by atoms with Gasteiger partial charge in [-0.05, 0) is 28.3 Å². The van der Waals surface area contributed by atoms with Crippen molar-refractivity contribution in [1.82, 2.24) is 10.2 Å². The van der Waals surface area contributed by atoms with Crippen LogP contribution in [0.1, 0.15) is 19.8 Å². The monoisotopic (exact) mass is 261 g/mol. The van der Waals surface area contributed by atoms with E-state index in [4.69, 9.17) is 0 Å². The predicted molar refractivity (Wildman–Crippen MR) is 58.2 cm³/mol. The molecule has 0 aliphatic carbocycles. The Morgan fingerprint density at radius 1 is 1.62 bits per heavy atom. The van der Waals surface area contributed by atoms with Crippen molar-refractivity contribution in [3.63, 3.8) is 0 Å². The van der Waals surface area contributed by atoms with E-state index in [-0.39, 0.29) is 0 Å². The van der Waals surface area contributed by atoms with Crippen molar-refractivity contribution < 1.29 is 0 Å². The van der Waals surface area contributed by atoms with Crippen molar-refractivity contribution >= 4 is 32.4 Å². The number of hydrogen-bond acceptors (Lipinski definition) is 4. The minimum Gasteiger partial charge on any atom is -0.346 e. The average Bonchev–Trinajstić information content (AvgIpc) is 2.71. The van der Waals surface area contributed by atoms with Gasteiger partial charge in [0.25, 0.3) is 0 Å². The Morgan fingerprint density at radius 2 is 2.46 bits per heavy atom. The summed E-state index contributed by atoms with van der Waals surface area (Å²) in [7, 11) is 0. The van der Waals surface area contributed by atoms with E-state index in [0.29, 0.717) is 0 Å². The van der Waals surface area contributed by atoms with Crippen LogP contribution in [0.3, 0.4) is 0 Å². The maximum Gasteiger partial charge on any atom is 0.209 e. The maximum atomic E-state index is 4.11. The second-order valence-corrected chi connectivity index (χ2v) is 5.58. The Labute approximate surface area is 90.3 Å². The molecule has 0 spiro atoms. The molecule has 1 atom stereocenters. The van der Waals surface area contributed by atoms with Crippen LogP contribution in [0.2, 0.25) is 0 Å². The molecule has 1 saturated heterocycles. The highest BCUT2D eigenvalue weighted by molar-refractivity contribution is 9.11. The molecule has 0 bridgehead atoms. The molecule has 2 rings (SSSR count). The SMILES string of the molecule is CCC1CCN(c2nnc(Br)s2)C1. The van der Waals surface area contributed by atoms with Crippen LogP contribution in [0, 0.1) is 5.92 Å². The van der Waals surface area contributed by atoms with E-state index in [1.165, 1.54) is 12.8 Å². The first-order valence-electron chi connectivity index (χ1n) is 4.53. The van der Waals surface area contributed by atoms with E-state index < -0.39 is 0 Å². The Bertz CT molecular complexity index is 289. The van der Waals surface area contributed by atoms with Crippen molar-refractivity contribution in [2.45, 2.75) is 19.8 Å². The molecule has 0 saturated carbocycles. The van der Waals surface area contributed by atoms with E-state index >= 15 is 0 Å². The summed E-state index contributed by atoms with van der Waals surface area (Å²) < 4.78 is 0.877. The Kier molecular flexibility index (Phi) is 2.83. The molecule has 0 radical (unpaired) electrons. The van der Waals surface area contributed by atoms with Crippen LogP contribution in [0.4, 0.5) is 5.13 Å². The lowest BCUT2D eigenvalue weighted by Crippen LogP contribution is -2.19. The van der Waals surface area contributed by atoms with Gasteiger partial charge in [0.05, 0.1) is 0 Å². The lowest BCUT2D eigenvalue weighted by molar-refractivity contribution is 0.569. The third-order valence-corrected chi connectivity index (χ3v) is 3.94. The summed E-state index contributed by atoms with van der Waals surface area (Å²) >= 11 is 4.95. The number of rotatable bonds is 2. The van der Waals surface area contributed by atoms with Crippen LogP contribution in [0.25, 0.3) is 0 Å². The van der Waals surface area contributed by atoms with Crippen molar-refractivity contribution in [1.29, 1.82) is 0 Å². The van der Waals surface area contributed by atoms with E-state index in [1.54, 1.807) is 11.3 Å². The third kappa shape index (κ3) is 2.02. The molecule has 1 aromatic heterocycles. The molecule has 1 unspecified atom stereocenters. The van der Waals surface area contributed by atoms with Gasteiger partial charge in [0.15, 0.2) is 3.92 Å². The van der Waals surface area contributed by atoms with Crippen LogP contribution in [-0.2, 0) is 0 Å². The number of nitrogens with zero attached hydrogens (tertiary/aromatic N) is 3. The van der Waals surface area contributed by atoms with Gasteiger partial charge in [-0.25, -0.2) is 0 Å². The Morgan fingerprint density at radius 3 is 3.00 bits per heavy atom. The zero-order valence-electron chi connectivity index (χ0n) is 7.53. The van der Waals surface area contributed by atoms with E-state index in [0.717, 1.165) is 28.1 Å².